The molecule has 110 valence electrons. The third-order valence-corrected chi connectivity index (χ3v) is 3.13. The third kappa shape index (κ3) is 4.76. The summed E-state index contributed by atoms with van der Waals surface area (Å²) >= 11 is 5.81. The number of carbonyl (C=O) groups is 1. The van der Waals surface area contributed by atoms with Gasteiger partial charge in [0, 0.05) is 29.4 Å². The normalized spacial score (nSPS) is 10.2. The minimum absolute atomic E-state index is 0.0230. The molecule has 0 saturated heterocycles. The van der Waals surface area contributed by atoms with Crippen LogP contribution in [0.2, 0.25) is 5.02 Å². The molecule has 0 aliphatic heterocycles. The summed E-state index contributed by atoms with van der Waals surface area (Å²) in [6, 6.07) is 11.8. The van der Waals surface area contributed by atoms with Crippen molar-refractivity contribution in [1.29, 1.82) is 0 Å². The van der Waals surface area contributed by atoms with Gasteiger partial charge in [0.25, 0.3) is 0 Å². The van der Waals surface area contributed by atoms with Crippen molar-refractivity contribution in [1.82, 2.24) is 0 Å². The lowest BCUT2D eigenvalue weighted by atomic mass is 10.2. The van der Waals surface area contributed by atoms with Gasteiger partial charge in [0.15, 0.2) is 0 Å². The Morgan fingerprint density at radius 1 is 1.14 bits per heavy atom. The number of amides is 1. The zero-order chi connectivity index (χ0) is 15.2. The number of nitrogens with one attached hydrogen (secondary N) is 2. The highest BCUT2D eigenvalue weighted by atomic mass is 35.5. The van der Waals surface area contributed by atoms with E-state index in [4.69, 9.17) is 11.6 Å². The maximum absolute atomic E-state index is 13.2. The molecule has 0 unspecified atom stereocenters. The summed E-state index contributed by atoms with van der Waals surface area (Å²) in [7, 11) is 0. The molecule has 0 bridgehead atoms. The quantitative estimate of drug-likeness (QED) is 0.857. The largest absolute Gasteiger partial charge is 0.381 e. The van der Waals surface area contributed by atoms with Crippen molar-refractivity contribution >= 4 is 28.9 Å². The first kappa shape index (κ1) is 15.3. The monoisotopic (exact) mass is 306 g/mol. The number of halogens is 2. The fraction of sp³-hybridized carbons (Fsp3) is 0.188. The van der Waals surface area contributed by atoms with Gasteiger partial charge in [-0.25, -0.2) is 4.39 Å². The standard InChI is InChI=1S/C16H16ClFN2O/c1-2-16(21)20-15-5-3-14(4-6-15)19-10-11-7-12(17)9-13(18)8-11/h3-9,19H,2,10H2,1H3,(H,20,21). The van der Waals surface area contributed by atoms with Crippen molar-refractivity contribution in [3.05, 3.63) is 58.9 Å². The van der Waals surface area contributed by atoms with E-state index in [-0.39, 0.29) is 11.7 Å². The fourth-order valence-corrected chi connectivity index (χ4v) is 2.08. The summed E-state index contributed by atoms with van der Waals surface area (Å²) in [6.45, 7) is 2.27. The molecular formula is C16H16ClFN2O. The minimum atomic E-state index is -0.350. The van der Waals surface area contributed by atoms with Crippen LogP contribution >= 0.6 is 11.6 Å². The SMILES string of the molecule is CCC(=O)Nc1ccc(NCc2cc(F)cc(Cl)c2)cc1. The van der Waals surface area contributed by atoms with E-state index in [0.717, 1.165) is 16.9 Å². The van der Waals surface area contributed by atoms with Gasteiger partial charge in [0.1, 0.15) is 5.82 Å². The second-order valence-electron chi connectivity index (χ2n) is 4.61. The summed E-state index contributed by atoms with van der Waals surface area (Å²) in [4.78, 5) is 11.3. The Kier molecular flexibility index (Phi) is 5.17. The molecule has 3 nitrogen and oxygen atoms in total. The average Bonchev–Trinajstić information content (AvgIpc) is 2.45. The maximum atomic E-state index is 13.2. The van der Waals surface area contributed by atoms with Crippen LogP contribution in [0.25, 0.3) is 0 Å². The molecule has 0 saturated carbocycles. The smallest absolute Gasteiger partial charge is 0.224 e. The van der Waals surface area contributed by atoms with Gasteiger partial charge in [-0.2, -0.15) is 0 Å². The van der Waals surface area contributed by atoms with Gasteiger partial charge in [0.05, 0.1) is 0 Å². The molecule has 0 aliphatic rings. The molecule has 2 aromatic carbocycles. The van der Waals surface area contributed by atoms with Crippen LogP contribution in [0.1, 0.15) is 18.9 Å². The van der Waals surface area contributed by atoms with E-state index in [1.807, 2.05) is 24.3 Å². The number of hydrogen-bond acceptors (Lipinski definition) is 2. The second-order valence-corrected chi connectivity index (χ2v) is 5.05. The second kappa shape index (κ2) is 7.09. The predicted molar refractivity (Wildman–Crippen MR) is 84.1 cm³/mol. The Hall–Kier alpha value is -2.07. The van der Waals surface area contributed by atoms with Crippen molar-refractivity contribution in [2.45, 2.75) is 19.9 Å². The summed E-state index contributed by atoms with van der Waals surface area (Å²) in [5.74, 6) is -0.373. The molecule has 1 amide bonds. The van der Waals surface area contributed by atoms with Gasteiger partial charge in [-0.05, 0) is 48.0 Å². The zero-order valence-electron chi connectivity index (χ0n) is 11.6. The number of hydrogen-bond donors (Lipinski definition) is 2. The number of benzene rings is 2. The van der Waals surface area contributed by atoms with Crippen LogP contribution in [0, 0.1) is 5.82 Å². The van der Waals surface area contributed by atoms with Gasteiger partial charge in [-0.3, -0.25) is 4.79 Å². The highest BCUT2D eigenvalue weighted by molar-refractivity contribution is 6.30. The maximum Gasteiger partial charge on any atom is 0.224 e. The first-order chi connectivity index (χ1) is 10.1. The highest BCUT2D eigenvalue weighted by Crippen LogP contribution is 2.17. The molecule has 2 rings (SSSR count). The Balaban J connectivity index is 1.95. The molecular weight excluding hydrogens is 291 g/mol. The zero-order valence-corrected chi connectivity index (χ0v) is 12.4. The Morgan fingerprint density at radius 3 is 2.43 bits per heavy atom. The van der Waals surface area contributed by atoms with Crippen LogP contribution < -0.4 is 10.6 Å². The molecule has 0 aromatic heterocycles. The van der Waals surface area contributed by atoms with Crippen LogP contribution in [0.3, 0.4) is 0 Å². The summed E-state index contributed by atoms with van der Waals surface area (Å²) in [5.41, 5.74) is 2.40. The fourth-order valence-electron chi connectivity index (χ4n) is 1.84. The van der Waals surface area contributed by atoms with E-state index in [0.29, 0.717) is 18.0 Å². The summed E-state index contributed by atoms with van der Waals surface area (Å²) < 4.78 is 13.2. The molecule has 0 radical (unpaired) electrons. The van der Waals surface area contributed by atoms with E-state index < -0.39 is 0 Å². The van der Waals surface area contributed by atoms with E-state index >= 15 is 0 Å². The van der Waals surface area contributed by atoms with Crippen molar-refractivity contribution < 1.29 is 9.18 Å². The van der Waals surface area contributed by atoms with E-state index in [1.165, 1.54) is 12.1 Å². The van der Waals surface area contributed by atoms with Gasteiger partial charge < -0.3 is 10.6 Å². The van der Waals surface area contributed by atoms with E-state index in [2.05, 4.69) is 10.6 Å². The lowest BCUT2D eigenvalue weighted by Crippen LogP contribution is -2.09. The summed E-state index contributed by atoms with van der Waals surface area (Å²) in [5, 5.41) is 6.32. The molecule has 0 aliphatic carbocycles. The van der Waals surface area contributed by atoms with E-state index in [1.54, 1.807) is 13.0 Å². The lowest BCUT2D eigenvalue weighted by molar-refractivity contribution is -0.115. The first-order valence-electron chi connectivity index (χ1n) is 6.65. The summed E-state index contributed by atoms with van der Waals surface area (Å²) in [6.07, 6.45) is 0.445. The predicted octanol–water partition coefficient (Wildman–Crippen LogP) is 4.44. The van der Waals surface area contributed by atoms with Crippen LogP contribution in [-0.4, -0.2) is 5.91 Å². The highest BCUT2D eigenvalue weighted by Gasteiger charge is 2.01. The van der Waals surface area contributed by atoms with Crippen LogP contribution in [0.4, 0.5) is 15.8 Å². The lowest BCUT2D eigenvalue weighted by Gasteiger charge is -2.09. The van der Waals surface area contributed by atoms with E-state index in [9.17, 15) is 9.18 Å². The molecule has 0 atom stereocenters. The first-order valence-corrected chi connectivity index (χ1v) is 7.03. The van der Waals surface area contributed by atoms with Crippen LogP contribution in [0.5, 0.6) is 0 Å². The van der Waals surface area contributed by atoms with Crippen LogP contribution in [0.15, 0.2) is 42.5 Å². The van der Waals surface area contributed by atoms with Crippen LogP contribution in [-0.2, 0) is 11.3 Å². The molecule has 0 fully saturated rings. The topological polar surface area (TPSA) is 41.1 Å². The number of carbonyl (C=O) groups excluding carboxylic acids is 1. The van der Waals surface area contributed by atoms with Crippen molar-refractivity contribution in [2.24, 2.45) is 0 Å². The van der Waals surface area contributed by atoms with Gasteiger partial charge in [0.2, 0.25) is 5.91 Å². The molecule has 0 spiro atoms. The Labute approximate surface area is 128 Å². The van der Waals surface area contributed by atoms with Gasteiger partial charge in [-0.1, -0.05) is 18.5 Å². The molecule has 2 aromatic rings. The Bertz CT molecular complexity index is 608. The molecule has 21 heavy (non-hydrogen) atoms. The van der Waals surface area contributed by atoms with Crippen molar-refractivity contribution in [2.75, 3.05) is 10.6 Å². The van der Waals surface area contributed by atoms with Crippen molar-refractivity contribution in [3.63, 3.8) is 0 Å². The molecule has 2 N–H and O–H groups in total. The molecule has 5 heteroatoms. The van der Waals surface area contributed by atoms with Gasteiger partial charge in [-0.15, -0.1) is 0 Å². The van der Waals surface area contributed by atoms with Gasteiger partial charge >= 0.3 is 0 Å². The average molecular weight is 307 g/mol. The van der Waals surface area contributed by atoms with Crippen molar-refractivity contribution in [3.8, 4) is 0 Å². The number of anilines is 2. The Morgan fingerprint density at radius 2 is 1.81 bits per heavy atom. The third-order valence-electron chi connectivity index (χ3n) is 2.91. The molecule has 0 heterocycles. The number of rotatable bonds is 5. The minimum Gasteiger partial charge on any atom is -0.381 e.